The summed E-state index contributed by atoms with van der Waals surface area (Å²) in [6, 6.07) is 1.34. The van der Waals surface area contributed by atoms with Crippen LogP contribution in [0.3, 0.4) is 0 Å². The minimum Gasteiger partial charge on any atom is -0.475 e. The third kappa shape index (κ3) is 6.50. The minimum absolute atomic E-state index is 0.327. The van der Waals surface area contributed by atoms with E-state index in [2.05, 4.69) is 15.4 Å². The Bertz CT molecular complexity index is 1090. The maximum Gasteiger partial charge on any atom is 0.490 e. The number of carboxylic acid groups (broad SMARTS) is 1. The number of sulfonamides is 1. The second kappa shape index (κ2) is 9.95. The average Bonchev–Trinajstić information content (AvgIpc) is 3.46. The van der Waals surface area contributed by atoms with Crippen LogP contribution in [0.4, 0.5) is 23.7 Å². The van der Waals surface area contributed by atoms with Gasteiger partial charge in [0.2, 0.25) is 0 Å². The highest BCUT2D eigenvalue weighted by Crippen LogP contribution is 2.38. The van der Waals surface area contributed by atoms with Gasteiger partial charge >= 0.3 is 18.2 Å². The van der Waals surface area contributed by atoms with E-state index in [1.165, 1.54) is 22.3 Å². The number of benzene rings is 1. The second-order valence-electron chi connectivity index (χ2n) is 8.88. The highest BCUT2D eigenvalue weighted by Gasteiger charge is 2.38. The van der Waals surface area contributed by atoms with Gasteiger partial charge in [-0.15, -0.1) is 0 Å². The number of carbonyl (C=O) groups is 2. The highest BCUT2D eigenvalue weighted by atomic mass is 32.2. The van der Waals surface area contributed by atoms with Crippen molar-refractivity contribution in [2.75, 3.05) is 11.9 Å². The molecule has 1 fully saturated rings. The van der Waals surface area contributed by atoms with E-state index < -0.39 is 28.2 Å². The zero-order valence-corrected chi connectivity index (χ0v) is 19.5. The molecule has 0 radical (unpaired) electrons. The van der Waals surface area contributed by atoms with Crippen LogP contribution in [0.2, 0.25) is 0 Å². The summed E-state index contributed by atoms with van der Waals surface area (Å²) in [4.78, 5) is 21.2. The summed E-state index contributed by atoms with van der Waals surface area (Å²) in [7, 11) is -3.83. The van der Waals surface area contributed by atoms with Gasteiger partial charge in [0.05, 0.1) is 0 Å². The highest BCUT2D eigenvalue weighted by molar-refractivity contribution is 7.92. The molecule has 8 nitrogen and oxygen atoms in total. The van der Waals surface area contributed by atoms with Crippen molar-refractivity contribution < 1.29 is 36.3 Å². The van der Waals surface area contributed by atoms with E-state index in [1.807, 2.05) is 13.0 Å². The lowest BCUT2D eigenvalue weighted by Gasteiger charge is -2.19. The van der Waals surface area contributed by atoms with Crippen molar-refractivity contribution in [2.24, 2.45) is 0 Å². The van der Waals surface area contributed by atoms with Crippen molar-refractivity contribution in [2.45, 2.75) is 70.0 Å². The van der Waals surface area contributed by atoms with Crippen LogP contribution < -0.4 is 15.4 Å². The zero-order valence-electron chi connectivity index (χ0n) is 18.7. The molecule has 2 amide bonds. The zero-order chi connectivity index (χ0) is 25.1. The van der Waals surface area contributed by atoms with Crippen LogP contribution in [-0.4, -0.2) is 43.8 Å². The smallest absolute Gasteiger partial charge is 0.475 e. The van der Waals surface area contributed by atoms with Crippen molar-refractivity contribution in [3.05, 3.63) is 39.8 Å². The van der Waals surface area contributed by atoms with Crippen molar-refractivity contribution in [1.29, 1.82) is 0 Å². The number of carboxylic acids is 1. The molecule has 0 unspecified atom stereocenters. The Morgan fingerprint density at radius 3 is 2.32 bits per heavy atom. The lowest BCUT2D eigenvalue weighted by Crippen LogP contribution is -2.36. The van der Waals surface area contributed by atoms with E-state index in [0.717, 1.165) is 69.0 Å². The summed E-state index contributed by atoms with van der Waals surface area (Å²) < 4.78 is 58.4. The monoisotopic (exact) mass is 503 g/mol. The Morgan fingerprint density at radius 1 is 1.09 bits per heavy atom. The number of urea groups is 1. The molecule has 1 heterocycles. The Labute approximate surface area is 196 Å². The summed E-state index contributed by atoms with van der Waals surface area (Å²) in [6.45, 7) is 2.83. The summed E-state index contributed by atoms with van der Waals surface area (Å²) in [5, 5.41) is 14.3. The largest absolute Gasteiger partial charge is 0.490 e. The van der Waals surface area contributed by atoms with E-state index in [-0.39, 0.29) is 5.54 Å². The molecule has 3 aliphatic rings. The number of nitrogens with one attached hydrogen (secondary N) is 3. The standard InChI is InChI=1S/C20H27N3O3S.C2HF3O2/c1-20(9-4-11-21-20)10-12-27(25,26)23-19(24)22-18-13-14-5-2-6-15(14)16-7-3-8-17(16)18;3-2(4,5)1(6)7/h10,12-13,21H,2-9,11H2,1H3,(H2,22,23,24);(H,6,7)/b12-10+;/t20-;/m0./s1. The molecule has 188 valence electrons. The van der Waals surface area contributed by atoms with Crippen molar-refractivity contribution in [3.8, 4) is 0 Å². The van der Waals surface area contributed by atoms with Crippen molar-refractivity contribution in [3.63, 3.8) is 0 Å². The molecule has 0 aromatic heterocycles. The number of alkyl halides is 3. The average molecular weight is 504 g/mol. The molecule has 34 heavy (non-hydrogen) atoms. The van der Waals surface area contributed by atoms with Crippen LogP contribution in [-0.2, 0) is 40.5 Å². The maximum absolute atomic E-state index is 12.4. The third-order valence-electron chi connectivity index (χ3n) is 6.23. The lowest BCUT2D eigenvalue weighted by atomic mass is 9.98. The van der Waals surface area contributed by atoms with Crippen LogP contribution in [0.1, 0.15) is 54.9 Å². The summed E-state index contributed by atoms with van der Waals surface area (Å²) in [5.41, 5.74) is 5.76. The van der Waals surface area contributed by atoms with Gasteiger partial charge in [-0.2, -0.15) is 13.2 Å². The number of hydrogen-bond acceptors (Lipinski definition) is 5. The number of anilines is 1. The molecule has 1 atom stereocenters. The van der Waals surface area contributed by atoms with Gasteiger partial charge < -0.3 is 15.7 Å². The first-order valence-corrected chi connectivity index (χ1v) is 12.6. The Hall–Kier alpha value is -2.60. The molecular formula is C22H28F3N3O5S. The molecule has 0 saturated carbocycles. The molecule has 0 bridgehead atoms. The molecule has 12 heteroatoms. The Kier molecular flexibility index (Phi) is 7.61. The molecular weight excluding hydrogens is 475 g/mol. The molecule has 4 rings (SSSR count). The predicted octanol–water partition coefficient (Wildman–Crippen LogP) is 3.40. The fraction of sp³-hybridized carbons (Fsp3) is 0.545. The molecule has 1 aromatic rings. The van der Waals surface area contributed by atoms with Crippen LogP contribution >= 0.6 is 0 Å². The summed E-state index contributed by atoms with van der Waals surface area (Å²) >= 11 is 0. The van der Waals surface area contributed by atoms with E-state index in [9.17, 15) is 26.4 Å². The van der Waals surface area contributed by atoms with Gasteiger partial charge in [-0.1, -0.05) is 6.08 Å². The van der Waals surface area contributed by atoms with Crippen LogP contribution in [0.15, 0.2) is 17.6 Å². The van der Waals surface area contributed by atoms with Crippen LogP contribution in [0.5, 0.6) is 0 Å². The number of rotatable bonds is 4. The fourth-order valence-electron chi connectivity index (χ4n) is 4.63. The predicted molar refractivity (Wildman–Crippen MR) is 120 cm³/mol. The first kappa shape index (κ1) is 26.0. The topological polar surface area (TPSA) is 125 Å². The molecule has 2 aliphatic carbocycles. The molecule has 1 aromatic carbocycles. The first-order chi connectivity index (χ1) is 15.8. The molecule has 4 N–H and O–H groups in total. The van der Waals surface area contributed by atoms with E-state index in [4.69, 9.17) is 9.90 Å². The van der Waals surface area contributed by atoms with Crippen LogP contribution in [0.25, 0.3) is 0 Å². The van der Waals surface area contributed by atoms with E-state index >= 15 is 0 Å². The molecule has 0 spiro atoms. The minimum atomic E-state index is -5.08. The fourth-order valence-corrected chi connectivity index (χ4v) is 5.49. The van der Waals surface area contributed by atoms with Gasteiger partial charge in [0, 0.05) is 16.6 Å². The quantitative estimate of drug-likeness (QED) is 0.499. The number of halogens is 3. The first-order valence-electron chi connectivity index (χ1n) is 11.0. The van der Waals surface area contributed by atoms with Crippen molar-refractivity contribution >= 4 is 27.7 Å². The number of aliphatic carboxylic acids is 1. The molecule has 1 saturated heterocycles. The third-order valence-corrected chi connectivity index (χ3v) is 7.19. The normalized spacial score (nSPS) is 21.5. The molecule has 1 aliphatic heterocycles. The summed E-state index contributed by atoms with van der Waals surface area (Å²) in [6.07, 6.45) is 4.84. The second-order valence-corrected chi connectivity index (χ2v) is 10.4. The number of hydrogen-bond donors (Lipinski definition) is 4. The van der Waals surface area contributed by atoms with Gasteiger partial charge in [-0.3, -0.25) is 0 Å². The van der Waals surface area contributed by atoms with E-state index in [1.54, 1.807) is 6.08 Å². The van der Waals surface area contributed by atoms with Crippen molar-refractivity contribution in [1.82, 2.24) is 10.0 Å². The number of aryl methyl sites for hydroxylation is 1. The lowest BCUT2D eigenvalue weighted by molar-refractivity contribution is -0.192. The maximum atomic E-state index is 12.4. The Morgan fingerprint density at radius 2 is 1.71 bits per heavy atom. The van der Waals surface area contributed by atoms with Gasteiger partial charge in [-0.25, -0.2) is 22.7 Å². The number of fused-ring (bicyclic) bond motifs is 3. The Balaban J connectivity index is 0.000000406. The summed E-state index contributed by atoms with van der Waals surface area (Å²) in [5.74, 6) is -2.76. The van der Waals surface area contributed by atoms with Crippen LogP contribution in [0, 0.1) is 0 Å². The number of amides is 2. The van der Waals surface area contributed by atoms with Gasteiger partial charge in [0.25, 0.3) is 10.0 Å². The van der Waals surface area contributed by atoms with Gasteiger partial charge in [0.1, 0.15) is 0 Å². The SMILES string of the molecule is C[C@@]1(/C=C/S(=O)(=O)NC(=O)Nc2cc3c(c4c2CCC4)CCC3)CCCN1.O=C(O)C(F)(F)F. The van der Waals surface area contributed by atoms with E-state index in [0.29, 0.717) is 0 Å². The van der Waals surface area contributed by atoms with Gasteiger partial charge in [-0.05, 0) is 93.2 Å². The number of carbonyl (C=O) groups excluding carboxylic acids is 1. The van der Waals surface area contributed by atoms with Gasteiger partial charge in [0.15, 0.2) is 0 Å².